The minimum absolute atomic E-state index is 0.203. The van der Waals surface area contributed by atoms with Crippen molar-refractivity contribution < 1.29 is 19.2 Å². The number of Topliss-reactive ketones (excluding diaryl/α,β-unsaturated/α-hetero) is 2. The quantitative estimate of drug-likeness (QED) is 0.0446. The van der Waals surface area contributed by atoms with Gasteiger partial charge in [0.15, 0.2) is 0 Å². The van der Waals surface area contributed by atoms with Crippen LogP contribution in [0.4, 0.5) is 0 Å². The molecule has 0 rings (SSSR count). The fourth-order valence-corrected chi connectivity index (χ4v) is 7.48. The lowest BCUT2D eigenvalue weighted by Gasteiger charge is -2.30. The van der Waals surface area contributed by atoms with Crippen LogP contribution in [0.1, 0.15) is 250 Å². The lowest BCUT2D eigenvalue weighted by molar-refractivity contribution is -0.132. The molecule has 0 aliphatic carbocycles. The first-order valence-electron chi connectivity index (χ1n) is 26.4. The van der Waals surface area contributed by atoms with E-state index in [1.165, 1.54) is 155 Å². The van der Waals surface area contributed by atoms with Crippen molar-refractivity contribution in [3.63, 3.8) is 0 Å². The van der Waals surface area contributed by atoms with Crippen molar-refractivity contribution in [1.82, 2.24) is 19.6 Å². The van der Waals surface area contributed by atoms with Crippen molar-refractivity contribution in [2.24, 2.45) is 0 Å². The number of aldehydes is 1. The van der Waals surface area contributed by atoms with Gasteiger partial charge in [-0.1, -0.05) is 177 Å². The minimum Gasteiger partial charge on any atom is -0.342 e. The summed E-state index contributed by atoms with van der Waals surface area (Å²) in [5, 5.41) is 0. The average Bonchev–Trinajstić information content (AvgIpc) is 3.23. The van der Waals surface area contributed by atoms with Crippen molar-refractivity contribution in [2.75, 3.05) is 72.0 Å². The Morgan fingerprint density at radius 2 is 0.672 bits per heavy atom. The summed E-state index contributed by atoms with van der Waals surface area (Å²) in [6.45, 7) is 32.6. The largest absolute Gasteiger partial charge is 0.342 e. The molecule has 0 aliphatic rings. The Labute approximate surface area is 382 Å². The number of nitrogens with zero attached hydrogens (tertiary/aromatic N) is 4. The monoisotopic (exact) mass is 867 g/mol. The van der Waals surface area contributed by atoms with Crippen molar-refractivity contribution in [3.8, 4) is 0 Å². The molecule has 0 fully saturated rings. The molecule has 1 amide bonds. The van der Waals surface area contributed by atoms with Crippen molar-refractivity contribution in [3.05, 3.63) is 0 Å². The number of ketones is 2. The fraction of sp³-hybridized carbons (Fsp3) is 0.925. The maximum atomic E-state index is 13.3. The zero-order valence-corrected chi connectivity index (χ0v) is 43.4. The van der Waals surface area contributed by atoms with E-state index in [0.717, 1.165) is 84.2 Å². The van der Waals surface area contributed by atoms with Gasteiger partial charge in [-0.25, -0.2) is 0 Å². The third-order valence-corrected chi connectivity index (χ3v) is 10.9. The molecule has 0 radical (unpaired) electrons. The molecule has 0 aromatic rings. The van der Waals surface area contributed by atoms with E-state index in [1.54, 1.807) is 13.8 Å². The lowest BCUT2D eigenvalue weighted by Crippen LogP contribution is -2.44. The van der Waals surface area contributed by atoms with Gasteiger partial charge in [0.2, 0.25) is 5.91 Å². The topological polar surface area (TPSA) is 81.2 Å². The van der Waals surface area contributed by atoms with Gasteiger partial charge in [-0.15, -0.1) is 0 Å². The van der Waals surface area contributed by atoms with Crippen LogP contribution in [0.25, 0.3) is 0 Å². The number of rotatable bonds is 42. The predicted octanol–water partition coefficient (Wildman–Crippen LogP) is 13.8. The van der Waals surface area contributed by atoms with Gasteiger partial charge in [-0.05, 0) is 98.4 Å². The zero-order chi connectivity index (χ0) is 46.6. The standard InChI is InChI=1S/C37H77N3O.C12H23NO2.C2H4O.C2H6/c1-6-11-14-17-20-23-26-31-38(32-27-24-21-18-15-12-7-2)34-35-39(33-28-25-22-19-16-13-8-3)36-37(41)40(29-9-4)30-10-5;1-4-5-8-13(10-12(3)15)9-6-7-11(2)14;1-2-3;1-2/h6-36H2,1-5H3;4-10H2,1-3H3;2H,1H3;1-2H3. The summed E-state index contributed by atoms with van der Waals surface area (Å²) in [6.07, 6.45) is 35.2. The van der Waals surface area contributed by atoms with E-state index < -0.39 is 0 Å². The third-order valence-electron chi connectivity index (χ3n) is 10.9. The number of hydrogen-bond donors (Lipinski definition) is 0. The molecule has 0 aromatic heterocycles. The molecule has 0 spiro atoms. The van der Waals surface area contributed by atoms with E-state index in [4.69, 9.17) is 4.79 Å². The van der Waals surface area contributed by atoms with Crippen molar-refractivity contribution >= 4 is 23.8 Å². The second-order valence-corrected chi connectivity index (χ2v) is 17.2. The molecule has 0 aromatic carbocycles. The lowest BCUT2D eigenvalue weighted by atomic mass is 10.1. The molecule has 8 nitrogen and oxygen atoms in total. The highest BCUT2D eigenvalue weighted by Crippen LogP contribution is 2.12. The second-order valence-electron chi connectivity index (χ2n) is 17.2. The third kappa shape index (κ3) is 54.4. The first kappa shape index (κ1) is 66.0. The summed E-state index contributed by atoms with van der Waals surface area (Å²) in [5.41, 5.74) is 0. The molecule has 0 atom stereocenters. The molecule has 366 valence electrons. The first-order valence-corrected chi connectivity index (χ1v) is 26.4. The Morgan fingerprint density at radius 1 is 0.361 bits per heavy atom. The number of hydrogen-bond acceptors (Lipinski definition) is 7. The maximum Gasteiger partial charge on any atom is 0.236 e. The highest BCUT2D eigenvalue weighted by Gasteiger charge is 2.17. The first-order chi connectivity index (χ1) is 29.6. The van der Waals surface area contributed by atoms with Gasteiger partial charge >= 0.3 is 0 Å². The molecule has 0 saturated heterocycles. The van der Waals surface area contributed by atoms with Crippen LogP contribution in [0.5, 0.6) is 0 Å². The van der Waals surface area contributed by atoms with Crippen LogP contribution >= 0.6 is 0 Å². The molecule has 8 heteroatoms. The van der Waals surface area contributed by atoms with Gasteiger partial charge in [0.05, 0.1) is 13.1 Å². The highest BCUT2D eigenvalue weighted by atomic mass is 16.2. The van der Waals surface area contributed by atoms with Crippen LogP contribution in [0.2, 0.25) is 0 Å². The van der Waals surface area contributed by atoms with Gasteiger partial charge < -0.3 is 19.4 Å². The molecule has 0 bridgehead atoms. The Morgan fingerprint density at radius 3 is 1.03 bits per heavy atom. The Kier molecular flexibility index (Phi) is 61.0. The van der Waals surface area contributed by atoms with E-state index >= 15 is 0 Å². The molecular weight excluding hydrogens is 757 g/mol. The minimum atomic E-state index is 0.203. The number of carbonyl (C=O) groups is 4. The molecule has 0 unspecified atom stereocenters. The number of carbonyl (C=O) groups excluding carboxylic acids is 4. The van der Waals surface area contributed by atoms with Gasteiger partial charge in [0.1, 0.15) is 17.9 Å². The molecule has 0 N–H and O–H groups in total. The zero-order valence-electron chi connectivity index (χ0n) is 43.4. The van der Waals surface area contributed by atoms with E-state index in [0.29, 0.717) is 25.4 Å². The average molecular weight is 867 g/mol. The Hall–Kier alpha value is -1.64. The van der Waals surface area contributed by atoms with Gasteiger partial charge in [-0.3, -0.25) is 19.4 Å². The molecule has 0 saturated carbocycles. The van der Waals surface area contributed by atoms with E-state index in [2.05, 4.69) is 61.1 Å². The van der Waals surface area contributed by atoms with Gasteiger partial charge in [0, 0.05) is 32.6 Å². The van der Waals surface area contributed by atoms with Crippen LogP contribution in [0.3, 0.4) is 0 Å². The summed E-state index contributed by atoms with van der Waals surface area (Å²) < 4.78 is 0. The van der Waals surface area contributed by atoms with E-state index in [9.17, 15) is 14.4 Å². The van der Waals surface area contributed by atoms with Gasteiger partial charge in [0.25, 0.3) is 0 Å². The number of amides is 1. The molecular formula is C53H110N4O4. The van der Waals surface area contributed by atoms with Crippen LogP contribution in [-0.4, -0.2) is 115 Å². The van der Waals surface area contributed by atoms with Crippen molar-refractivity contribution in [2.45, 2.75) is 250 Å². The normalized spacial score (nSPS) is 10.8. The molecule has 0 heterocycles. The van der Waals surface area contributed by atoms with Crippen LogP contribution < -0.4 is 0 Å². The molecule has 0 aliphatic heterocycles. The molecule has 61 heavy (non-hydrogen) atoms. The predicted molar refractivity (Wildman–Crippen MR) is 269 cm³/mol. The smallest absolute Gasteiger partial charge is 0.236 e. The summed E-state index contributed by atoms with van der Waals surface area (Å²) in [7, 11) is 0. The Bertz CT molecular complexity index is 877. The fourth-order valence-electron chi connectivity index (χ4n) is 7.48. The summed E-state index contributed by atoms with van der Waals surface area (Å²) in [6, 6.07) is 0. The van der Waals surface area contributed by atoms with E-state index in [1.807, 2.05) is 13.8 Å². The maximum absolute atomic E-state index is 13.3. The Balaban J connectivity index is -0.000000671. The van der Waals surface area contributed by atoms with Crippen LogP contribution in [0, 0.1) is 0 Å². The summed E-state index contributed by atoms with van der Waals surface area (Å²) >= 11 is 0. The van der Waals surface area contributed by atoms with Crippen LogP contribution in [0.15, 0.2) is 0 Å². The summed E-state index contributed by atoms with van der Waals surface area (Å²) in [4.78, 5) is 53.4. The number of unbranched alkanes of at least 4 members (excludes halogenated alkanes) is 19. The van der Waals surface area contributed by atoms with Gasteiger partial charge in [-0.2, -0.15) is 0 Å². The second kappa shape index (κ2) is 56.4. The SMILES string of the molecule is CC.CC=O.CCCCCCCCCN(CCCCCCCCC)CCN(CCCCCCCCC)CC(=O)N(CCC)CCC.CCCCN(CCCC(C)=O)CC(C)=O. The van der Waals surface area contributed by atoms with Crippen molar-refractivity contribution in [1.29, 1.82) is 0 Å². The summed E-state index contributed by atoms with van der Waals surface area (Å²) in [5.74, 6) is 0.782. The van der Waals surface area contributed by atoms with E-state index in [-0.39, 0.29) is 11.6 Å². The highest BCUT2D eigenvalue weighted by molar-refractivity contribution is 5.78. The van der Waals surface area contributed by atoms with Crippen LogP contribution in [-0.2, 0) is 19.2 Å².